The first-order valence-electron chi connectivity index (χ1n) is 8.11. The number of halogens is 1. The van der Waals surface area contributed by atoms with Gasteiger partial charge < -0.3 is 9.47 Å². The highest BCUT2D eigenvalue weighted by atomic mass is 35.5. The molecule has 4 heteroatoms. The number of fused-ring (bicyclic) bond motifs is 1. The second-order valence-corrected chi connectivity index (χ2v) is 6.21. The van der Waals surface area contributed by atoms with Crippen LogP contribution < -0.4 is 4.74 Å². The van der Waals surface area contributed by atoms with E-state index in [1.807, 2.05) is 13.0 Å². The summed E-state index contributed by atoms with van der Waals surface area (Å²) in [7, 11) is 0. The third-order valence-corrected chi connectivity index (χ3v) is 4.37. The highest BCUT2D eigenvalue weighted by molar-refractivity contribution is 6.17. The second kappa shape index (κ2) is 7.80. The number of pyridine rings is 1. The molecule has 0 atom stereocenters. The Morgan fingerprint density at radius 1 is 1.13 bits per heavy atom. The summed E-state index contributed by atoms with van der Waals surface area (Å²) in [6, 6.07) is 10.4. The largest absolute Gasteiger partial charge is 0.491 e. The predicted molar refractivity (Wildman–Crippen MR) is 92.2 cm³/mol. The second-order valence-electron chi connectivity index (χ2n) is 5.83. The van der Waals surface area contributed by atoms with Crippen molar-refractivity contribution in [1.29, 1.82) is 0 Å². The van der Waals surface area contributed by atoms with Crippen LogP contribution in [-0.4, -0.2) is 17.5 Å². The normalized spacial score (nSPS) is 13.1. The van der Waals surface area contributed by atoms with Crippen molar-refractivity contribution in [3.63, 3.8) is 0 Å². The first-order valence-corrected chi connectivity index (χ1v) is 8.64. The standard InChI is InChI=1S/C19H22ClNO2/c1-14-19(23-10-6-5-9-20)17-13-22-12-16(17)18(21-14)11-15-7-3-2-4-8-15/h2-4,7-8H,5-6,9-13H2,1H3. The summed E-state index contributed by atoms with van der Waals surface area (Å²) in [6.07, 6.45) is 2.77. The minimum Gasteiger partial charge on any atom is -0.491 e. The fraction of sp³-hybridized carbons (Fsp3) is 0.421. The van der Waals surface area contributed by atoms with Gasteiger partial charge in [0.1, 0.15) is 5.75 Å². The fourth-order valence-electron chi connectivity index (χ4n) is 2.93. The summed E-state index contributed by atoms with van der Waals surface area (Å²) < 4.78 is 11.7. The van der Waals surface area contributed by atoms with E-state index in [0.29, 0.717) is 25.7 Å². The molecular weight excluding hydrogens is 310 g/mol. The molecule has 3 nitrogen and oxygen atoms in total. The minimum atomic E-state index is 0.616. The van der Waals surface area contributed by atoms with E-state index in [-0.39, 0.29) is 0 Å². The maximum absolute atomic E-state index is 5.99. The third-order valence-electron chi connectivity index (χ3n) is 4.10. The van der Waals surface area contributed by atoms with Crippen LogP contribution in [0, 0.1) is 6.92 Å². The molecule has 23 heavy (non-hydrogen) atoms. The van der Waals surface area contributed by atoms with Crippen LogP contribution in [0.4, 0.5) is 0 Å². The molecule has 2 heterocycles. The Morgan fingerprint density at radius 3 is 2.70 bits per heavy atom. The molecule has 0 aliphatic carbocycles. The number of aromatic nitrogens is 1. The van der Waals surface area contributed by atoms with Gasteiger partial charge in [-0.05, 0) is 25.3 Å². The van der Waals surface area contributed by atoms with Crippen LogP contribution in [0.1, 0.15) is 40.9 Å². The van der Waals surface area contributed by atoms with E-state index in [2.05, 4.69) is 24.3 Å². The lowest BCUT2D eigenvalue weighted by molar-refractivity contribution is 0.132. The SMILES string of the molecule is Cc1nc(Cc2ccccc2)c2c(c1OCCCCCl)COC2. The Balaban J connectivity index is 1.83. The third kappa shape index (κ3) is 3.85. The van der Waals surface area contributed by atoms with Crippen molar-refractivity contribution in [2.75, 3.05) is 12.5 Å². The first-order chi connectivity index (χ1) is 11.3. The van der Waals surface area contributed by atoms with Gasteiger partial charge in [-0.25, -0.2) is 0 Å². The van der Waals surface area contributed by atoms with Gasteiger partial charge in [0.2, 0.25) is 0 Å². The van der Waals surface area contributed by atoms with Gasteiger partial charge in [-0.2, -0.15) is 0 Å². The number of aryl methyl sites for hydroxylation is 1. The molecule has 1 aliphatic heterocycles. The lowest BCUT2D eigenvalue weighted by atomic mass is 10.0. The van der Waals surface area contributed by atoms with E-state index in [4.69, 9.17) is 26.1 Å². The Labute approximate surface area is 142 Å². The fourth-order valence-corrected chi connectivity index (χ4v) is 3.12. The minimum absolute atomic E-state index is 0.616. The van der Waals surface area contributed by atoms with Gasteiger partial charge in [-0.3, -0.25) is 4.98 Å². The molecule has 0 radical (unpaired) electrons. The number of ether oxygens (including phenoxy) is 2. The van der Waals surface area contributed by atoms with Gasteiger partial charge in [0.05, 0.1) is 31.2 Å². The highest BCUT2D eigenvalue weighted by Crippen LogP contribution is 2.34. The van der Waals surface area contributed by atoms with Gasteiger partial charge >= 0.3 is 0 Å². The van der Waals surface area contributed by atoms with Crippen molar-refractivity contribution in [3.8, 4) is 5.75 Å². The molecule has 0 spiro atoms. The average molecular weight is 332 g/mol. The summed E-state index contributed by atoms with van der Waals surface area (Å²) >= 11 is 5.72. The van der Waals surface area contributed by atoms with Crippen molar-refractivity contribution in [2.24, 2.45) is 0 Å². The van der Waals surface area contributed by atoms with Gasteiger partial charge in [0.15, 0.2) is 0 Å². The highest BCUT2D eigenvalue weighted by Gasteiger charge is 2.23. The average Bonchev–Trinajstić information content (AvgIpc) is 3.04. The molecular formula is C19H22ClNO2. The maximum Gasteiger partial charge on any atom is 0.146 e. The number of unbranched alkanes of at least 4 members (excludes halogenated alkanes) is 1. The molecule has 0 bridgehead atoms. The molecule has 1 aromatic heterocycles. The lowest BCUT2D eigenvalue weighted by Crippen LogP contribution is -2.07. The van der Waals surface area contributed by atoms with E-state index < -0.39 is 0 Å². The Hall–Kier alpha value is -1.58. The Kier molecular flexibility index (Phi) is 5.52. The Bertz CT molecular complexity index is 658. The zero-order chi connectivity index (χ0) is 16.1. The van der Waals surface area contributed by atoms with Crippen molar-refractivity contribution in [2.45, 2.75) is 39.4 Å². The zero-order valence-corrected chi connectivity index (χ0v) is 14.2. The molecule has 0 N–H and O–H groups in total. The smallest absolute Gasteiger partial charge is 0.146 e. The summed E-state index contributed by atoms with van der Waals surface area (Å²) in [5.74, 6) is 1.58. The molecule has 0 fully saturated rings. The van der Waals surface area contributed by atoms with E-state index in [1.54, 1.807) is 0 Å². The quantitative estimate of drug-likeness (QED) is 0.556. The molecule has 0 unspecified atom stereocenters. The topological polar surface area (TPSA) is 31.4 Å². The van der Waals surface area contributed by atoms with Crippen molar-refractivity contribution in [3.05, 3.63) is 58.4 Å². The van der Waals surface area contributed by atoms with E-state index in [9.17, 15) is 0 Å². The van der Waals surface area contributed by atoms with Gasteiger partial charge in [-0.1, -0.05) is 30.3 Å². The van der Waals surface area contributed by atoms with Crippen LogP contribution in [0.3, 0.4) is 0 Å². The Morgan fingerprint density at radius 2 is 1.91 bits per heavy atom. The number of benzene rings is 1. The summed E-state index contributed by atoms with van der Waals surface area (Å²) in [5, 5.41) is 0. The summed E-state index contributed by atoms with van der Waals surface area (Å²) in [5.41, 5.74) is 5.70. The monoisotopic (exact) mass is 331 g/mol. The van der Waals surface area contributed by atoms with Crippen LogP contribution in [-0.2, 0) is 24.4 Å². The number of nitrogens with zero attached hydrogens (tertiary/aromatic N) is 1. The van der Waals surface area contributed by atoms with Gasteiger partial charge in [-0.15, -0.1) is 11.6 Å². The molecule has 0 saturated carbocycles. The molecule has 2 aromatic rings. The van der Waals surface area contributed by atoms with Crippen molar-refractivity contribution in [1.82, 2.24) is 4.98 Å². The predicted octanol–water partition coefficient (Wildman–Crippen LogP) is 4.41. The number of hydrogen-bond donors (Lipinski definition) is 0. The van der Waals surface area contributed by atoms with Crippen molar-refractivity contribution < 1.29 is 9.47 Å². The summed E-state index contributed by atoms with van der Waals surface area (Å²) in [4.78, 5) is 4.81. The van der Waals surface area contributed by atoms with E-state index >= 15 is 0 Å². The van der Waals surface area contributed by atoms with Crippen LogP contribution >= 0.6 is 11.6 Å². The first kappa shape index (κ1) is 16.3. The van der Waals surface area contributed by atoms with Crippen molar-refractivity contribution >= 4 is 11.6 Å². The zero-order valence-electron chi connectivity index (χ0n) is 13.5. The van der Waals surface area contributed by atoms with Crippen LogP contribution in [0.2, 0.25) is 0 Å². The number of alkyl halides is 1. The molecule has 0 amide bonds. The van der Waals surface area contributed by atoms with E-state index in [0.717, 1.165) is 36.4 Å². The number of rotatable bonds is 7. The number of hydrogen-bond acceptors (Lipinski definition) is 3. The molecule has 0 saturated heterocycles. The lowest BCUT2D eigenvalue weighted by Gasteiger charge is -2.15. The molecule has 1 aromatic carbocycles. The van der Waals surface area contributed by atoms with Gasteiger partial charge in [0, 0.05) is 23.4 Å². The van der Waals surface area contributed by atoms with Crippen LogP contribution in [0.25, 0.3) is 0 Å². The molecule has 122 valence electrons. The summed E-state index contributed by atoms with van der Waals surface area (Å²) in [6.45, 7) is 3.94. The van der Waals surface area contributed by atoms with E-state index in [1.165, 1.54) is 16.7 Å². The van der Waals surface area contributed by atoms with Gasteiger partial charge in [0.25, 0.3) is 0 Å². The molecule has 3 rings (SSSR count). The maximum atomic E-state index is 5.99. The van der Waals surface area contributed by atoms with Crippen LogP contribution in [0.15, 0.2) is 30.3 Å². The molecule has 1 aliphatic rings. The van der Waals surface area contributed by atoms with Crippen LogP contribution in [0.5, 0.6) is 5.75 Å².